The number of ether oxygens (including phenoxy) is 1. The molecule has 1 unspecified atom stereocenters. The molecule has 1 aromatic carbocycles. The highest BCUT2D eigenvalue weighted by Crippen LogP contribution is 2.20. The zero-order valence-corrected chi connectivity index (χ0v) is 12.1. The van der Waals surface area contributed by atoms with E-state index in [-0.39, 0.29) is 12.0 Å². The lowest BCUT2D eigenvalue weighted by atomic mass is 10.1. The molecule has 5 nitrogen and oxygen atoms in total. The first kappa shape index (κ1) is 14.0. The van der Waals surface area contributed by atoms with E-state index in [4.69, 9.17) is 10.5 Å². The van der Waals surface area contributed by atoms with Gasteiger partial charge in [-0.1, -0.05) is 18.2 Å². The molecule has 21 heavy (non-hydrogen) atoms. The van der Waals surface area contributed by atoms with E-state index in [1.165, 1.54) is 0 Å². The van der Waals surface area contributed by atoms with E-state index in [0.29, 0.717) is 31.8 Å². The van der Waals surface area contributed by atoms with Crippen LogP contribution in [0.3, 0.4) is 0 Å². The Morgan fingerprint density at radius 1 is 1.48 bits per heavy atom. The number of pyridine rings is 1. The minimum absolute atomic E-state index is 0.0263. The van der Waals surface area contributed by atoms with Gasteiger partial charge in [-0.05, 0) is 19.1 Å². The van der Waals surface area contributed by atoms with Crippen LogP contribution in [0.2, 0.25) is 0 Å². The van der Waals surface area contributed by atoms with Crippen molar-refractivity contribution in [3.8, 4) is 0 Å². The van der Waals surface area contributed by atoms with E-state index < -0.39 is 0 Å². The second-order valence-electron chi connectivity index (χ2n) is 5.31. The van der Waals surface area contributed by atoms with E-state index in [2.05, 4.69) is 4.98 Å². The zero-order valence-electron chi connectivity index (χ0n) is 12.1. The summed E-state index contributed by atoms with van der Waals surface area (Å²) < 4.78 is 5.52. The lowest BCUT2D eigenvalue weighted by Gasteiger charge is -2.32. The van der Waals surface area contributed by atoms with Crippen LogP contribution in [-0.2, 0) is 4.74 Å². The first-order valence-corrected chi connectivity index (χ1v) is 7.16. The van der Waals surface area contributed by atoms with Gasteiger partial charge in [0.25, 0.3) is 5.91 Å². The number of carbonyl (C=O) groups is 1. The zero-order chi connectivity index (χ0) is 14.8. The molecule has 1 aliphatic rings. The maximum Gasteiger partial charge on any atom is 0.254 e. The lowest BCUT2D eigenvalue weighted by molar-refractivity contribution is -0.0166. The van der Waals surface area contributed by atoms with Crippen molar-refractivity contribution in [2.24, 2.45) is 5.73 Å². The largest absolute Gasteiger partial charge is 0.373 e. The first-order valence-electron chi connectivity index (χ1n) is 7.16. The second kappa shape index (κ2) is 5.79. The molecule has 0 aliphatic carbocycles. The highest BCUT2D eigenvalue weighted by molar-refractivity contribution is 6.06. The standard InChI is InChI=1S/C16H19N3O2/c1-11-8-14(13-4-2-3-5-15(13)18-11)16(20)19-6-7-21-12(9-17)10-19/h2-5,8,12H,6-7,9-10,17H2,1H3. The van der Waals surface area contributed by atoms with Crippen LogP contribution in [-0.4, -0.2) is 48.1 Å². The van der Waals surface area contributed by atoms with Crippen LogP contribution in [0.15, 0.2) is 30.3 Å². The summed E-state index contributed by atoms with van der Waals surface area (Å²) >= 11 is 0. The third kappa shape index (κ3) is 2.75. The van der Waals surface area contributed by atoms with Gasteiger partial charge < -0.3 is 15.4 Å². The highest BCUT2D eigenvalue weighted by atomic mass is 16.5. The van der Waals surface area contributed by atoms with E-state index in [0.717, 1.165) is 16.6 Å². The Bertz CT molecular complexity index is 672. The molecule has 1 saturated heterocycles. The van der Waals surface area contributed by atoms with Crippen LogP contribution in [0.25, 0.3) is 10.9 Å². The van der Waals surface area contributed by atoms with Gasteiger partial charge >= 0.3 is 0 Å². The number of nitrogens with zero attached hydrogens (tertiary/aromatic N) is 2. The normalized spacial score (nSPS) is 19.0. The van der Waals surface area contributed by atoms with Crippen LogP contribution in [0.4, 0.5) is 0 Å². The van der Waals surface area contributed by atoms with Gasteiger partial charge in [-0.3, -0.25) is 9.78 Å². The Balaban J connectivity index is 1.97. The van der Waals surface area contributed by atoms with E-state index in [1.54, 1.807) is 0 Å². The van der Waals surface area contributed by atoms with Gasteiger partial charge in [0.1, 0.15) is 0 Å². The van der Waals surface area contributed by atoms with Gasteiger partial charge in [0.2, 0.25) is 0 Å². The van der Waals surface area contributed by atoms with E-state index >= 15 is 0 Å². The molecule has 0 radical (unpaired) electrons. The SMILES string of the molecule is Cc1cc(C(=O)N2CCOC(CN)C2)c2ccccc2n1. The summed E-state index contributed by atoms with van der Waals surface area (Å²) in [5.74, 6) is 0.0263. The van der Waals surface area contributed by atoms with E-state index in [1.807, 2.05) is 42.2 Å². The molecular formula is C16H19N3O2. The second-order valence-corrected chi connectivity index (χ2v) is 5.31. The molecule has 0 bridgehead atoms. The van der Waals surface area contributed by atoms with Crippen molar-refractivity contribution in [3.63, 3.8) is 0 Å². The number of morpholine rings is 1. The average molecular weight is 285 g/mol. The van der Waals surface area contributed by atoms with Crippen molar-refractivity contribution in [2.75, 3.05) is 26.2 Å². The number of benzene rings is 1. The van der Waals surface area contributed by atoms with Gasteiger partial charge in [-0.25, -0.2) is 0 Å². The van der Waals surface area contributed by atoms with Crippen molar-refractivity contribution in [1.82, 2.24) is 9.88 Å². The summed E-state index contributed by atoms with van der Waals surface area (Å²) in [6, 6.07) is 9.59. The summed E-state index contributed by atoms with van der Waals surface area (Å²) in [5, 5.41) is 0.892. The Kier molecular flexibility index (Phi) is 3.86. The summed E-state index contributed by atoms with van der Waals surface area (Å²) in [7, 11) is 0. The van der Waals surface area contributed by atoms with Crippen LogP contribution in [0.1, 0.15) is 16.1 Å². The quantitative estimate of drug-likeness (QED) is 0.904. The Labute approximate surface area is 123 Å². The van der Waals surface area contributed by atoms with Gasteiger partial charge in [0.05, 0.1) is 23.8 Å². The molecule has 1 aromatic heterocycles. The predicted octanol–water partition coefficient (Wildman–Crippen LogP) is 1.34. The monoisotopic (exact) mass is 285 g/mol. The van der Waals surface area contributed by atoms with Crippen LogP contribution < -0.4 is 5.73 Å². The number of hydrogen-bond donors (Lipinski definition) is 1. The first-order chi connectivity index (χ1) is 10.2. The van der Waals surface area contributed by atoms with Gasteiger partial charge in [0.15, 0.2) is 0 Å². The highest BCUT2D eigenvalue weighted by Gasteiger charge is 2.25. The maximum absolute atomic E-state index is 12.8. The summed E-state index contributed by atoms with van der Waals surface area (Å²) in [5.41, 5.74) is 8.05. The van der Waals surface area contributed by atoms with Crippen LogP contribution in [0.5, 0.6) is 0 Å². The summed E-state index contributed by atoms with van der Waals surface area (Å²) in [6.45, 7) is 4.02. The lowest BCUT2D eigenvalue weighted by Crippen LogP contribution is -2.48. The number of aryl methyl sites for hydroxylation is 1. The van der Waals surface area contributed by atoms with Crippen molar-refractivity contribution >= 4 is 16.8 Å². The van der Waals surface area contributed by atoms with Gasteiger partial charge in [-0.15, -0.1) is 0 Å². The summed E-state index contributed by atoms with van der Waals surface area (Å²) in [4.78, 5) is 19.1. The number of aromatic nitrogens is 1. The molecule has 1 atom stereocenters. The van der Waals surface area contributed by atoms with Crippen molar-refractivity contribution < 1.29 is 9.53 Å². The summed E-state index contributed by atoms with van der Waals surface area (Å²) in [6.07, 6.45) is -0.0723. The van der Waals surface area contributed by atoms with Gasteiger partial charge in [0, 0.05) is 30.7 Å². The van der Waals surface area contributed by atoms with Gasteiger partial charge in [-0.2, -0.15) is 0 Å². The third-order valence-electron chi connectivity index (χ3n) is 3.76. The Morgan fingerprint density at radius 3 is 3.10 bits per heavy atom. The third-order valence-corrected chi connectivity index (χ3v) is 3.76. The molecule has 1 fully saturated rings. The molecular weight excluding hydrogens is 266 g/mol. The number of carbonyl (C=O) groups excluding carboxylic acids is 1. The number of nitrogens with two attached hydrogens (primary N) is 1. The fourth-order valence-electron chi connectivity index (χ4n) is 2.70. The fraction of sp³-hybridized carbons (Fsp3) is 0.375. The molecule has 5 heteroatoms. The van der Waals surface area contributed by atoms with E-state index in [9.17, 15) is 4.79 Å². The molecule has 2 N–H and O–H groups in total. The Morgan fingerprint density at radius 2 is 2.29 bits per heavy atom. The smallest absolute Gasteiger partial charge is 0.254 e. The minimum atomic E-state index is -0.0723. The maximum atomic E-state index is 12.8. The number of fused-ring (bicyclic) bond motifs is 1. The topological polar surface area (TPSA) is 68.5 Å². The molecule has 3 rings (SSSR count). The minimum Gasteiger partial charge on any atom is -0.373 e. The number of para-hydroxylation sites is 1. The van der Waals surface area contributed by atoms with Crippen molar-refractivity contribution in [1.29, 1.82) is 0 Å². The average Bonchev–Trinajstić information content (AvgIpc) is 2.53. The van der Waals surface area contributed by atoms with Crippen LogP contribution >= 0.6 is 0 Å². The molecule has 0 saturated carbocycles. The van der Waals surface area contributed by atoms with Crippen molar-refractivity contribution in [3.05, 3.63) is 41.6 Å². The molecule has 1 amide bonds. The molecule has 110 valence electrons. The van der Waals surface area contributed by atoms with Crippen molar-refractivity contribution in [2.45, 2.75) is 13.0 Å². The van der Waals surface area contributed by atoms with Crippen LogP contribution in [0, 0.1) is 6.92 Å². The molecule has 2 aromatic rings. The molecule has 2 heterocycles. The predicted molar refractivity (Wildman–Crippen MR) is 81.2 cm³/mol. The fourth-order valence-corrected chi connectivity index (χ4v) is 2.70. The molecule has 0 spiro atoms. The number of rotatable bonds is 2. The number of hydrogen-bond acceptors (Lipinski definition) is 4. The Hall–Kier alpha value is -1.98. The number of amides is 1. The molecule has 1 aliphatic heterocycles.